The number of ether oxygens (including phenoxy) is 2. The van der Waals surface area contributed by atoms with E-state index in [9.17, 15) is 38.2 Å². The summed E-state index contributed by atoms with van der Waals surface area (Å²) in [6.45, 7) is 2.13. The molecule has 2 heterocycles. The van der Waals surface area contributed by atoms with Gasteiger partial charge < -0.3 is 30.3 Å². The van der Waals surface area contributed by atoms with Crippen LogP contribution >= 0.6 is 0 Å². The summed E-state index contributed by atoms with van der Waals surface area (Å²) in [4.78, 5) is 51.5. The van der Waals surface area contributed by atoms with Gasteiger partial charge in [-0.05, 0) is 84.7 Å². The van der Waals surface area contributed by atoms with Crippen molar-refractivity contribution in [3.05, 3.63) is 129 Å². The standard InChI is InChI=1S/2C25H26FNO4/c2*1-2-20(29)18-8-14(25(30)27-23-16-10-15(28)11-17(16)23)9-19-22(13-6-4-3-5-7-13)21(12-26)31-24(18)19/h2*3-9,15-17,21-23,28H,2,10-12H2,1H3,(H,27,30)/t2*15?,16-,17+,21-,22+,23?/m11/s1. The summed E-state index contributed by atoms with van der Waals surface area (Å²) in [6, 6.07) is 25.8. The van der Waals surface area contributed by atoms with Crippen molar-refractivity contribution in [2.75, 3.05) is 13.3 Å². The Hall–Kier alpha value is -5.46. The number of rotatable bonds is 12. The largest absolute Gasteiger partial charge is 0.486 e. The highest BCUT2D eigenvalue weighted by Crippen LogP contribution is 2.53. The molecule has 4 saturated carbocycles. The third-order valence-corrected chi connectivity index (χ3v) is 14.0. The van der Waals surface area contributed by atoms with E-state index in [1.165, 1.54) is 0 Å². The molecule has 12 heteroatoms. The molecule has 4 N–H and O–H groups in total. The lowest BCUT2D eigenvalue weighted by molar-refractivity contribution is 0.0928. The lowest BCUT2D eigenvalue weighted by Crippen LogP contribution is -2.30. The Kier molecular flexibility index (Phi) is 11.5. The van der Waals surface area contributed by atoms with Crippen LogP contribution < -0.4 is 20.1 Å². The van der Waals surface area contributed by atoms with Crippen LogP contribution in [0.2, 0.25) is 0 Å². The van der Waals surface area contributed by atoms with Crippen molar-refractivity contribution < 1.29 is 47.6 Å². The fourth-order valence-corrected chi connectivity index (χ4v) is 10.8. The number of nitrogens with one attached hydrogen (secondary N) is 2. The molecule has 324 valence electrons. The second-order valence-electron chi connectivity index (χ2n) is 17.7. The molecule has 2 amide bonds. The molecule has 12 atom stereocenters. The molecule has 2 aliphatic heterocycles. The lowest BCUT2D eigenvalue weighted by atomic mass is 9.86. The van der Waals surface area contributed by atoms with E-state index in [4.69, 9.17) is 9.47 Å². The molecular weight excluding hydrogens is 795 g/mol. The molecule has 0 bridgehead atoms. The van der Waals surface area contributed by atoms with Gasteiger partial charge in [-0.3, -0.25) is 19.2 Å². The summed E-state index contributed by atoms with van der Waals surface area (Å²) in [5.41, 5.74) is 4.62. The molecule has 4 fully saturated rings. The SMILES string of the molecule is CCC(=O)c1cc(C(=O)NC2[C@H]3CC(O)C[C@@H]23)cc2c1O[C@H](CF)[C@H]2c1ccccc1.CCC(=O)c1cc(C(=O)NC2[C@H]3CC(O)C[C@@H]23)cc2c1O[C@H](CF)[C@H]2c1ccccc1. The van der Waals surface area contributed by atoms with E-state index in [-0.39, 0.29) is 72.3 Å². The van der Waals surface area contributed by atoms with Gasteiger partial charge in [0.1, 0.15) is 37.1 Å². The molecule has 0 saturated heterocycles. The van der Waals surface area contributed by atoms with Gasteiger partial charge in [0.25, 0.3) is 11.8 Å². The van der Waals surface area contributed by atoms with E-state index in [1.807, 2.05) is 60.7 Å². The maximum absolute atomic E-state index is 13.9. The van der Waals surface area contributed by atoms with Crippen LogP contribution in [0.5, 0.6) is 11.5 Å². The average Bonchev–Trinajstić information content (AvgIpc) is 3.72. The molecule has 4 aliphatic carbocycles. The van der Waals surface area contributed by atoms with Crippen molar-refractivity contribution >= 4 is 23.4 Å². The van der Waals surface area contributed by atoms with Gasteiger partial charge in [-0.1, -0.05) is 74.5 Å². The molecule has 10 nitrogen and oxygen atoms in total. The Labute approximate surface area is 359 Å². The molecule has 10 rings (SSSR count). The number of halogens is 2. The molecule has 0 spiro atoms. The van der Waals surface area contributed by atoms with Crippen molar-refractivity contribution in [1.82, 2.24) is 10.6 Å². The van der Waals surface area contributed by atoms with E-state index < -0.39 is 25.6 Å². The topological polar surface area (TPSA) is 151 Å². The van der Waals surface area contributed by atoms with Crippen LogP contribution in [0, 0.1) is 23.7 Å². The highest BCUT2D eigenvalue weighted by atomic mass is 19.1. The second kappa shape index (κ2) is 17.0. The first-order valence-corrected chi connectivity index (χ1v) is 22.0. The number of hydrogen-bond donors (Lipinski definition) is 4. The van der Waals surface area contributed by atoms with Crippen molar-refractivity contribution in [3.63, 3.8) is 0 Å². The monoisotopic (exact) mass is 846 g/mol. The number of aliphatic hydroxyl groups excluding tert-OH is 2. The molecular formula is C50H52F2N2O8. The zero-order chi connectivity index (χ0) is 43.4. The van der Waals surface area contributed by atoms with Crippen LogP contribution in [0.1, 0.15) is 128 Å². The summed E-state index contributed by atoms with van der Waals surface area (Å²) in [7, 11) is 0. The quantitative estimate of drug-likeness (QED) is 0.109. The van der Waals surface area contributed by atoms with Crippen molar-refractivity contribution in [3.8, 4) is 11.5 Å². The molecule has 0 radical (unpaired) electrons. The normalized spacial score (nSPS) is 30.3. The average molecular weight is 847 g/mol. The van der Waals surface area contributed by atoms with Crippen LogP contribution in [0.25, 0.3) is 0 Å². The number of hydrogen-bond acceptors (Lipinski definition) is 8. The van der Waals surface area contributed by atoms with Gasteiger partial charge in [0, 0.05) is 47.2 Å². The van der Waals surface area contributed by atoms with Crippen LogP contribution in [-0.4, -0.2) is 83.4 Å². The van der Waals surface area contributed by atoms with Crippen LogP contribution in [0.3, 0.4) is 0 Å². The second-order valence-corrected chi connectivity index (χ2v) is 17.7. The zero-order valence-corrected chi connectivity index (χ0v) is 34.8. The van der Waals surface area contributed by atoms with Crippen molar-refractivity contribution in [2.24, 2.45) is 23.7 Å². The first-order valence-electron chi connectivity index (χ1n) is 22.0. The minimum atomic E-state index is -0.733. The van der Waals surface area contributed by atoms with E-state index >= 15 is 0 Å². The van der Waals surface area contributed by atoms with Gasteiger partial charge in [0.2, 0.25) is 0 Å². The van der Waals surface area contributed by atoms with E-state index in [1.54, 1.807) is 38.1 Å². The maximum atomic E-state index is 13.9. The maximum Gasteiger partial charge on any atom is 0.251 e. The Bertz CT molecular complexity index is 2190. The minimum absolute atomic E-state index is 0.0780. The Morgan fingerprint density at radius 3 is 1.26 bits per heavy atom. The number of carbonyl (C=O) groups excluding carboxylic acids is 4. The molecule has 6 aliphatic rings. The zero-order valence-electron chi connectivity index (χ0n) is 34.8. The number of amides is 2. The number of fused-ring (bicyclic) bond motifs is 4. The predicted octanol–water partition coefficient (Wildman–Crippen LogP) is 7.28. The van der Waals surface area contributed by atoms with Crippen LogP contribution in [-0.2, 0) is 0 Å². The fourth-order valence-electron chi connectivity index (χ4n) is 10.8. The summed E-state index contributed by atoms with van der Waals surface area (Å²) >= 11 is 0. The van der Waals surface area contributed by atoms with Gasteiger partial charge >= 0.3 is 0 Å². The number of Topliss-reactive ketones (excluding diaryl/α,β-unsaturated/α-hetero) is 2. The number of aliphatic hydroxyl groups is 2. The number of carbonyl (C=O) groups is 4. The van der Waals surface area contributed by atoms with E-state index in [0.29, 0.717) is 68.6 Å². The van der Waals surface area contributed by atoms with Gasteiger partial charge in [-0.25, -0.2) is 8.78 Å². The van der Waals surface area contributed by atoms with Crippen molar-refractivity contribution in [2.45, 2.75) is 101 Å². The Morgan fingerprint density at radius 2 is 0.935 bits per heavy atom. The van der Waals surface area contributed by atoms with Crippen LogP contribution in [0.15, 0.2) is 84.9 Å². The van der Waals surface area contributed by atoms with E-state index in [2.05, 4.69) is 10.6 Å². The summed E-state index contributed by atoms with van der Waals surface area (Å²) in [5.74, 6) is 0.617. The van der Waals surface area contributed by atoms with Gasteiger partial charge in [0.15, 0.2) is 11.6 Å². The highest BCUT2D eigenvalue weighted by Gasteiger charge is 2.57. The predicted molar refractivity (Wildman–Crippen MR) is 226 cm³/mol. The minimum Gasteiger partial charge on any atom is -0.486 e. The third-order valence-electron chi connectivity index (χ3n) is 14.0. The van der Waals surface area contributed by atoms with Gasteiger partial charge in [-0.2, -0.15) is 0 Å². The lowest BCUT2D eigenvalue weighted by Gasteiger charge is -2.16. The van der Waals surface area contributed by atoms with Gasteiger partial charge in [-0.15, -0.1) is 0 Å². The van der Waals surface area contributed by atoms with Crippen molar-refractivity contribution in [1.29, 1.82) is 0 Å². The van der Waals surface area contributed by atoms with Gasteiger partial charge in [0.05, 0.1) is 35.2 Å². The first-order chi connectivity index (χ1) is 30.0. The first kappa shape index (κ1) is 41.9. The smallest absolute Gasteiger partial charge is 0.251 e. The number of alkyl halides is 2. The molecule has 4 unspecified atom stereocenters. The summed E-state index contributed by atoms with van der Waals surface area (Å²) in [5, 5.41) is 25.6. The summed E-state index contributed by atoms with van der Waals surface area (Å²) in [6.07, 6.45) is 1.43. The Balaban J connectivity index is 0.000000158. The fraction of sp³-hybridized carbons (Fsp3) is 0.440. The van der Waals surface area contributed by atoms with E-state index in [0.717, 1.165) is 36.8 Å². The molecule has 4 aromatic carbocycles. The molecule has 62 heavy (non-hydrogen) atoms. The van der Waals surface area contributed by atoms with Crippen LogP contribution in [0.4, 0.5) is 8.78 Å². The number of ketones is 2. The highest BCUT2D eigenvalue weighted by molar-refractivity contribution is 6.04. The number of benzene rings is 4. The summed E-state index contributed by atoms with van der Waals surface area (Å²) < 4.78 is 39.7. The molecule has 4 aromatic rings. The Morgan fingerprint density at radius 1 is 0.581 bits per heavy atom. The third kappa shape index (κ3) is 7.69. The molecule has 0 aromatic heterocycles.